The summed E-state index contributed by atoms with van der Waals surface area (Å²) in [6.07, 6.45) is 4.78. The summed E-state index contributed by atoms with van der Waals surface area (Å²) in [5, 5.41) is 14.7. The average molecular weight is 386 g/mol. The zero-order valence-corrected chi connectivity index (χ0v) is 13.9. The molecule has 1 N–H and O–H groups in total. The minimum absolute atomic E-state index is 0.0614. The van der Waals surface area contributed by atoms with Gasteiger partial charge in [-0.25, -0.2) is 4.98 Å². The number of hydrogen-bond acceptors (Lipinski definition) is 5. The number of halogens is 1. The Hall–Kier alpha value is -3.00. The molecule has 0 bridgehead atoms. The molecule has 24 heavy (non-hydrogen) atoms. The van der Waals surface area contributed by atoms with E-state index in [-0.39, 0.29) is 5.69 Å². The quantitative estimate of drug-likeness (QED) is 0.408. The van der Waals surface area contributed by atoms with Crippen LogP contribution in [-0.2, 0) is 0 Å². The van der Waals surface area contributed by atoms with Crippen LogP contribution in [0.15, 0.2) is 70.5 Å². The molecule has 0 radical (unpaired) electrons. The van der Waals surface area contributed by atoms with Gasteiger partial charge in [-0.1, -0.05) is 15.9 Å². The highest BCUT2D eigenvalue weighted by Gasteiger charge is 2.04. The number of nitro groups is 1. The van der Waals surface area contributed by atoms with E-state index in [4.69, 9.17) is 0 Å². The van der Waals surface area contributed by atoms with E-state index in [0.29, 0.717) is 5.82 Å². The molecule has 3 aromatic rings. The van der Waals surface area contributed by atoms with Crippen molar-refractivity contribution in [2.45, 2.75) is 0 Å². The van der Waals surface area contributed by atoms with E-state index >= 15 is 0 Å². The molecule has 120 valence electrons. The van der Waals surface area contributed by atoms with Gasteiger partial charge in [0.2, 0.25) is 0 Å². The number of hydrazone groups is 1. The predicted molar refractivity (Wildman–Crippen MR) is 95.6 cm³/mol. The highest BCUT2D eigenvalue weighted by atomic mass is 79.9. The highest BCUT2D eigenvalue weighted by Crippen LogP contribution is 2.16. The predicted octanol–water partition coefficient (Wildman–Crippen LogP) is 3.99. The first-order chi connectivity index (χ1) is 11.6. The Labute approximate surface area is 145 Å². The largest absolute Gasteiger partial charge is 0.316 e. The van der Waals surface area contributed by atoms with Gasteiger partial charge in [0.25, 0.3) is 5.69 Å². The van der Waals surface area contributed by atoms with Crippen LogP contribution in [0.4, 0.5) is 11.5 Å². The van der Waals surface area contributed by atoms with Gasteiger partial charge in [-0.2, -0.15) is 5.10 Å². The molecule has 3 rings (SSSR count). The van der Waals surface area contributed by atoms with E-state index < -0.39 is 4.92 Å². The minimum Gasteiger partial charge on any atom is -0.316 e. The highest BCUT2D eigenvalue weighted by molar-refractivity contribution is 9.10. The fourth-order valence-corrected chi connectivity index (χ4v) is 2.33. The number of nitrogens with zero attached hydrogens (tertiary/aromatic N) is 4. The van der Waals surface area contributed by atoms with Gasteiger partial charge >= 0.3 is 0 Å². The second-order valence-electron chi connectivity index (χ2n) is 4.81. The van der Waals surface area contributed by atoms with Crippen molar-refractivity contribution >= 4 is 33.6 Å². The van der Waals surface area contributed by atoms with Crippen LogP contribution in [-0.4, -0.2) is 20.7 Å². The molecule has 8 heteroatoms. The maximum absolute atomic E-state index is 10.6. The maximum atomic E-state index is 10.6. The Balaban J connectivity index is 1.72. The molecule has 0 aliphatic rings. The number of hydrogen-bond donors (Lipinski definition) is 1. The van der Waals surface area contributed by atoms with E-state index in [9.17, 15) is 10.1 Å². The van der Waals surface area contributed by atoms with Crippen molar-refractivity contribution in [3.05, 3.63) is 81.2 Å². The Morgan fingerprint density at radius 2 is 2.00 bits per heavy atom. The Morgan fingerprint density at radius 1 is 1.21 bits per heavy atom. The van der Waals surface area contributed by atoms with Crippen LogP contribution in [0.5, 0.6) is 0 Å². The van der Waals surface area contributed by atoms with Crippen molar-refractivity contribution in [2.24, 2.45) is 5.10 Å². The summed E-state index contributed by atoms with van der Waals surface area (Å²) in [6.45, 7) is 0. The maximum Gasteiger partial charge on any atom is 0.287 e. The van der Waals surface area contributed by atoms with Crippen LogP contribution in [0.1, 0.15) is 5.69 Å². The first kappa shape index (κ1) is 15.9. The van der Waals surface area contributed by atoms with Gasteiger partial charge in [-0.15, -0.1) is 0 Å². The summed E-state index contributed by atoms with van der Waals surface area (Å²) >= 11 is 3.41. The number of nitrogens with one attached hydrogen (secondary N) is 1. The summed E-state index contributed by atoms with van der Waals surface area (Å²) < 4.78 is 3.00. The monoisotopic (exact) mass is 385 g/mol. The number of benzene rings is 1. The second-order valence-corrected chi connectivity index (χ2v) is 5.72. The lowest BCUT2D eigenvalue weighted by Gasteiger charge is -2.06. The molecule has 0 aliphatic heterocycles. The molecule has 0 saturated carbocycles. The fourth-order valence-electron chi connectivity index (χ4n) is 2.06. The third kappa shape index (κ3) is 3.66. The zero-order chi connectivity index (χ0) is 16.9. The lowest BCUT2D eigenvalue weighted by molar-refractivity contribution is -0.385. The summed E-state index contributed by atoms with van der Waals surface area (Å²) in [5.74, 6) is 0.429. The van der Waals surface area contributed by atoms with Crippen LogP contribution >= 0.6 is 15.9 Å². The minimum atomic E-state index is -0.495. The van der Waals surface area contributed by atoms with Gasteiger partial charge < -0.3 is 4.57 Å². The molecular weight excluding hydrogens is 374 g/mol. The van der Waals surface area contributed by atoms with Crippen LogP contribution in [0, 0.1) is 10.1 Å². The smallest absolute Gasteiger partial charge is 0.287 e. The molecule has 0 fully saturated rings. The van der Waals surface area contributed by atoms with Gasteiger partial charge in [-0.3, -0.25) is 15.5 Å². The summed E-state index contributed by atoms with van der Waals surface area (Å²) in [7, 11) is 0. The Bertz CT molecular complexity index is 872. The van der Waals surface area contributed by atoms with E-state index in [1.165, 1.54) is 18.3 Å². The van der Waals surface area contributed by atoms with Crippen molar-refractivity contribution in [3.63, 3.8) is 0 Å². The number of anilines is 1. The van der Waals surface area contributed by atoms with Crippen molar-refractivity contribution in [1.29, 1.82) is 0 Å². The van der Waals surface area contributed by atoms with E-state index in [0.717, 1.165) is 15.9 Å². The lowest BCUT2D eigenvalue weighted by atomic mass is 10.3. The van der Waals surface area contributed by atoms with Gasteiger partial charge in [0.15, 0.2) is 0 Å². The molecule has 0 atom stereocenters. The van der Waals surface area contributed by atoms with Gasteiger partial charge in [-0.05, 0) is 42.5 Å². The van der Waals surface area contributed by atoms with Gasteiger partial charge in [0, 0.05) is 22.4 Å². The van der Waals surface area contributed by atoms with E-state index in [1.54, 1.807) is 6.21 Å². The van der Waals surface area contributed by atoms with Crippen molar-refractivity contribution in [3.8, 4) is 5.69 Å². The average Bonchev–Trinajstić information content (AvgIpc) is 3.04. The first-order valence-electron chi connectivity index (χ1n) is 6.96. The van der Waals surface area contributed by atoms with Crippen LogP contribution < -0.4 is 5.43 Å². The summed E-state index contributed by atoms with van der Waals surface area (Å²) in [5.41, 5.74) is 4.58. The van der Waals surface area contributed by atoms with E-state index in [2.05, 4.69) is 31.4 Å². The van der Waals surface area contributed by atoms with Crippen LogP contribution in [0.2, 0.25) is 0 Å². The molecular formula is C16H12BrN5O2. The van der Waals surface area contributed by atoms with Gasteiger partial charge in [0.1, 0.15) is 12.0 Å². The second kappa shape index (κ2) is 7.05. The number of pyridine rings is 1. The Kier molecular flexibility index (Phi) is 4.66. The van der Waals surface area contributed by atoms with Crippen molar-refractivity contribution < 1.29 is 4.92 Å². The van der Waals surface area contributed by atoms with Gasteiger partial charge in [0.05, 0.1) is 16.8 Å². The third-order valence-corrected chi connectivity index (χ3v) is 3.75. The standard InChI is InChI=1S/C16H12BrN5O2/c17-12-3-5-13(6-4-12)21-9-1-2-14(21)11-19-20-16-8-7-15(10-18-16)22(23)24/h1-11H,(H,18,20)/b19-11+. The lowest BCUT2D eigenvalue weighted by Crippen LogP contribution is -2.00. The van der Waals surface area contributed by atoms with Crippen LogP contribution in [0.3, 0.4) is 0 Å². The molecule has 0 unspecified atom stereocenters. The topological polar surface area (TPSA) is 85.4 Å². The van der Waals surface area contributed by atoms with Crippen molar-refractivity contribution in [1.82, 2.24) is 9.55 Å². The van der Waals surface area contributed by atoms with E-state index in [1.807, 2.05) is 47.2 Å². The molecule has 1 aromatic carbocycles. The molecule has 7 nitrogen and oxygen atoms in total. The molecule has 2 heterocycles. The molecule has 0 spiro atoms. The number of aromatic nitrogens is 2. The molecule has 2 aromatic heterocycles. The first-order valence-corrected chi connectivity index (χ1v) is 7.75. The molecule has 0 aliphatic carbocycles. The zero-order valence-electron chi connectivity index (χ0n) is 12.3. The fraction of sp³-hybridized carbons (Fsp3) is 0. The van der Waals surface area contributed by atoms with Crippen LogP contribution in [0.25, 0.3) is 5.69 Å². The normalized spacial score (nSPS) is 10.9. The SMILES string of the molecule is O=[N+]([O-])c1ccc(N/N=C/c2cccn2-c2ccc(Br)cc2)nc1. The summed E-state index contributed by atoms with van der Waals surface area (Å²) in [4.78, 5) is 14.0. The summed E-state index contributed by atoms with van der Waals surface area (Å²) in [6, 6.07) is 14.6. The third-order valence-electron chi connectivity index (χ3n) is 3.22. The Morgan fingerprint density at radius 3 is 2.67 bits per heavy atom. The van der Waals surface area contributed by atoms with Crippen molar-refractivity contribution in [2.75, 3.05) is 5.43 Å². The molecule has 0 saturated heterocycles. The number of rotatable bonds is 5. The molecule has 0 amide bonds.